The molecule has 0 saturated heterocycles. The maximum Gasteiger partial charge on any atom is 0.314 e. The number of hydrogen-bond donors (Lipinski definition) is 3. The molecule has 1 atom stereocenters. The van der Waals surface area contributed by atoms with Crippen molar-refractivity contribution in [2.75, 3.05) is 11.9 Å². The van der Waals surface area contributed by atoms with Gasteiger partial charge in [-0.05, 0) is 32.6 Å². The molecule has 7 heteroatoms. The van der Waals surface area contributed by atoms with Crippen LogP contribution in [0.1, 0.15) is 25.5 Å². The van der Waals surface area contributed by atoms with E-state index in [2.05, 4.69) is 15.8 Å². The summed E-state index contributed by atoms with van der Waals surface area (Å²) in [5.74, 6) is -0.713. The molecule has 0 aromatic carbocycles. The lowest BCUT2D eigenvalue weighted by Gasteiger charge is -2.22. The van der Waals surface area contributed by atoms with Crippen molar-refractivity contribution >= 4 is 17.6 Å². The quantitative estimate of drug-likeness (QED) is 0.676. The van der Waals surface area contributed by atoms with E-state index >= 15 is 0 Å². The Bertz CT molecular complexity index is 491. The van der Waals surface area contributed by atoms with Crippen LogP contribution in [0.15, 0.2) is 10.6 Å². The molecule has 2 rings (SSSR count). The van der Waals surface area contributed by atoms with Gasteiger partial charge in [-0.2, -0.15) is 0 Å². The predicted molar refractivity (Wildman–Crippen MR) is 66.2 cm³/mol. The first-order valence-corrected chi connectivity index (χ1v) is 6.13. The Kier molecular flexibility index (Phi) is 3.57. The molecule has 1 aliphatic rings. The Morgan fingerprint density at radius 2 is 2.21 bits per heavy atom. The van der Waals surface area contributed by atoms with Crippen LogP contribution in [0.4, 0.5) is 5.82 Å². The Labute approximate surface area is 110 Å². The van der Waals surface area contributed by atoms with Gasteiger partial charge in [0.2, 0.25) is 0 Å². The fourth-order valence-electron chi connectivity index (χ4n) is 1.79. The Morgan fingerprint density at radius 3 is 2.74 bits per heavy atom. The van der Waals surface area contributed by atoms with Gasteiger partial charge in [-0.15, -0.1) is 0 Å². The Balaban J connectivity index is 1.80. The average Bonchev–Trinajstić information content (AvgIpc) is 3.12. The summed E-state index contributed by atoms with van der Waals surface area (Å²) >= 11 is 0. The lowest BCUT2D eigenvalue weighted by atomic mass is 10.0. The summed E-state index contributed by atoms with van der Waals surface area (Å²) in [6.07, 6.45) is 1.90. The maximum absolute atomic E-state index is 11.6. The van der Waals surface area contributed by atoms with Gasteiger partial charge in [0, 0.05) is 12.6 Å². The second-order valence-corrected chi connectivity index (χ2v) is 5.09. The number of aromatic nitrogens is 1. The number of rotatable bonds is 4. The van der Waals surface area contributed by atoms with Crippen molar-refractivity contribution in [1.82, 2.24) is 10.5 Å². The number of nitrogens with zero attached hydrogens (tertiary/aromatic N) is 1. The first kappa shape index (κ1) is 13.5. The van der Waals surface area contributed by atoms with E-state index in [-0.39, 0.29) is 18.3 Å². The largest absolute Gasteiger partial charge is 0.388 e. The zero-order valence-electron chi connectivity index (χ0n) is 10.9. The summed E-state index contributed by atoms with van der Waals surface area (Å²) in [6, 6.07) is 1.51. The summed E-state index contributed by atoms with van der Waals surface area (Å²) < 4.78 is 4.76. The minimum absolute atomic E-state index is 0.0573. The van der Waals surface area contributed by atoms with E-state index in [1.165, 1.54) is 6.07 Å². The van der Waals surface area contributed by atoms with Crippen LogP contribution >= 0.6 is 0 Å². The maximum atomic E-state index is 11.6. The zero-order chi connectivity index (χ0) is 14.0. The second-order valence-electron chi connectivity index (χ2n) is 5.09. The minimum atomic E-state index is -0.958. The van der Waals surface area contributed by atoms with E-state index in [0.29, 0.717) is 5.76 Å². The van der Waals surface area contributed by atoms with Gasteiger partial charge >= 0.3 is 11.8 Å². The van der Waals surface area contributed by atoms with Crippen molar-refractivity contribution in [3.05, 3.63) is 11.8 Å². The number of anilines is 1. The number of aryl methyl sites for hydroxylation is 1. The van der Waals surface area contributed by atoms with Crippen molar-refractivity contribution in [2.24, 2.45) is 5.92 Å². The first-order chi connectivity index (χ1) is 8.88. The van der Waals surface area contributed by atoms with Crippen LogP contribution in [0.3, 0.4) is 0 Å². The van der Waals surface area contributed by atoms with E-state index in [0.717, 1.165) is 12.8 Å². The van der Waals surface area contributed by atoms with Crippen LogP contribution in [0.2, 0.25) is 0 Å². The molecular formula is C12H17N3O4. The highest BCUT2D eigenvalue weighted by Gasteiger charge is 2.40. The number of nitrogens with one attached hydrogen (secondary N) is 2. The molecule has 1 fully saturated rings. The molecule has 0 aliphatic heterocycles. The molecule has 0 bridgehead atoms. The van der Waals surface area contributed by atoms with Gasteiger partial charge < -0.3 is 14.9 Å². The van der Waals surface area contributed by atoms with Gasteiger partial charge in [0.25, 0.3) is 0 Å². The van der Waals surface area contributed by atoms with Gasteiger partial charge in [0.1, 0.15) is 5.76 Å². The third kappa shape index (κ3) is 3.54. The highest BCUT2D eigenvalue weighted by atomic mass is 16.5. The second kappa shape index (κ2) is 5.00. The van der Waals surface area contributed by atoms with E-state index in [9.17, 15) is 14.7 Å². The van der Waals surface area contributed by atoms with Gasteiger partial charge in [-0.3, -0.25) is 14.9 Å². The molecule has 1 heterocycles. The summed E-state index contributed by atoms with van der Waals surface area (Å²) in [6.45, 7) is 3.39. The van der Waals surface area contributed by atoms with Crippen molar-refractivity contribution in [1.29, 1.82) is 0 Å². The monoisotopic (exact) mass is 267 g/mol. The van der Waals surface area contributed by atoms with Crippen LogP contribution in [0, 0.1) is 12.8 Å². The summed E-state index contributed by atoms with van der Waals surface area (Å²) in [5, 5.41) is 18.3. The van der Waals surface area contributed by atoms with Crippen LogP contribution in [0.25, 0.3) is 0 Å². The normalized spacial score (nSPS) is 17.6. The fraction of sp³-hybridized carbons (Fsp3) is 0.583. The molecule has 7 nitrogen and oxygen atoms in total. The number of carbonyl (C=O) groups excluding carboxylic acids is 2. The molecule has 104 valence electrons. The lowest BCUT2D eigenvalue weighted by Crippen LogP contribution is -2.45. The van der Waals surface area contributed by atoms with Gasteiger partial charge in [-0.1, -0.05) is 5.16 Å². The van der Waals surface area contributed by atoms with Crippen molar-refractivity contribution < 1.29 is 19.2 Å². The molecular weight excluding hydrogens is 250 g/mol. The minimum Gasteiger partial charge on any atom is -0.388 e. The smallest absolute Gasteiger partial charge is 0.314 e. The van der Waals surface area contributed by atoms with Crippen molar-refractivity contribution in [3.8, 4) is 0 Å². The van der Waals surface area contributed by atoms with Gasteiger partial charge in [0.05, 0.1) is 5.60 Å². The average molecular weight is 267 g/mol. The molecule has 0 unspecified atom stereocenters. The predicted octanol–water partition coefficient (Wildman–Crippen LogP) is 0.199. The third-order valence-corrected chi connectivity index (χ3v) is 3.14. The molecule has 0 spiro atoms. The molecule has 2 amide bonds. The molecule has 0 radical (unpaired) electrons. The SMILES string of the molecule is Cc1cc(NC(=O)C(=O)NC[C@](C)(O)C2CC2)no1. The van der Waals surface area contributed by atoms with E-state index in [1.54, 1.807) is 13.8 Å². The Morgan fingerprint density at radius 1 is 1.53 bits per heavy atom. The molecule has 19 heavy (non-hydrogen) atoms. The molecule has 1 aromatic rings. The molecule has 3 N–H and O–H groups in total. The van der Waals surface area contributed by atoms with E-state index in [1.807, 2.05) is 0 Å². The fourth-order valence-corrected chi connectivity index (χ4v) is 1.79. The standard InChI is InChI=1S/C12H17N3O4/c1-7-5-9(15-19-7)14-11(17)10(16)13-6-12(2,18)8-3-4-8/h5,8,18H,3-4,6H2,1-2H3,(H,13,16)(H,14,15,17)/t12-/m0/s1. The zero-order valence-corrected chi connectivity index (χ0v) is 10.9. The van der Waals surface area contributed by atoms with Crippen LogP contribution in [-0.2, 0) is 9.59 Å². The van der Waals surface area contributed by atoms with Crippen LogP contribution in [-0.4, -0.2) is 34.2 Å². The number of amides is 2. The topological polar surface area (TPSA) is 104 Å². The number of aliphatic hydroxyl groups is 1. The number of carbonyl (C=O) groups is 2. The van der Waals surface area contributed by atoms with E-state index < -0.39 is 17.4 Å². The summed E-state index contributed by atoms with van der Waals surface area (Å²) in [5.41, 5.74) is -0.958. The van der Waals surface area contributed by atoms with Crippen LogP contribution < -0.4 is 10.6 Å². The summed E-state index contributed by atoms with van der Waals surface area (Å²) in [7, 11) is 0. The van der Waals surface area contributed by atoms with E-state index in [4.69, 9.17) is 4.52 Å². The molecule has 1 saturated carbocycles. The van der Waals surface area contributed by atoms with Crippen LogP contribution in [0.5, 0.6) is 0 Å². The lowest BCUT2D eigenvalue weighted by molar-refractivity contribution is -0.136. The molecule has 1 aliphatic carbocycles. The third-order valence-electron chi connectivity index (χ3n) is 3.14. The highest BCUT2D eigenvalue weighted by molar-refractivity contribution is 6.39. The van der Waals surface area contributed by atoms with Crippen molar-refractivity contribution in [2.45, 2.75) is 32.3 Å². The highest BCUT2D eigenvalue weighted by Crippen LogP contribution is 2.38. The summed E-state index contributed by atoms with van der Waals surface area (Å²) in [4.78, 5) is 23.1. The Hall–Kier alpha value is -1.89. The van der Waals surface area contributed by atoms with Gasteiger partial charge in [0.15, 0.2) is 5.82 Å². The first-order valence-electron chi connectivity index (χ1n) is 6.13. The van der Waals surface area contributed by atoms with Crippen molar-refractivity contribution in [3.63, 3.8) is 0 Å². The van der Waals surface area contributed by atoms with Gasteiger partial charge in [-0.25, -0.2) is 0 Å². The molecule has 1 aromatic heterocycles. The number of hydrogen-bond acceptors (Lipinski definition) is 5.